The van der Waals surface area contributed by atoms with Gasteiger partial charge in [0.05, 0.1) is 22.6 Å². The van der Waals surface area contributed by atoms with E-state index in [0.29, 0.717) is 5.82 Å². The Morgan fingerprint density at radius 2 is 0.897 bits per heavy atom. The largest absolute Gasteiger partial charge is 0.494 e. The van der Waals surface area contributed by atoms with Crippen molar-refractivity contribution in [1.82, 2.24) is 9.97 Å². The van der Waals surface area contributed by atoms with Crippen molar-refractivity contribution in [3.63, 3.8) is 0 Å². The number of hydrogen-bond acceptors (Lipinski definition) is 4. The summed E-state index contributed by atoms with van der Waals surface area (Å²) in [6.07, 6.45) is 0. The summed E-state index contributed by atoms with van der Waals surface area (Å²) in [5.74, 6) is 0.699. The predicted octanol–water partition coefficient (Wildman–Crippen LogP) is 7.44. The zero-order valence-electron chi connectivity index (χ0n) is 22.8. The Morgan fingerprint density at radius 3 is 1.41 bits per heavy atom. The maximum Gasteiger partial charge on any atom is 0.494 e. The molecule has 1 aliphatic heterocycles. The second kappa shape index (κ2) is 9.92. The average molecular weight is 510 g/mol. The fourth-order valence-electron chi connectivity index (χ4n) is 4.71. The Labute approximate surface area is 230 Å². The van der Waals surface area contributed by atoms with Crippen molar-refractivity contribution in [2.45, 2.75) is 38.9 Å². The third-order valence-electron chi connectivity index (χ3n) is 7.78. The molecule has 5 heteroatoms. The molecule has 4 nitrogen and oxygen atoms in total. The molecule has 1 fully saturated rings. The smallest absolute Gasteiger partial charge is 0.399 e. The molecule has 4 aromatic carbocycles. The summed E-state index contributed by atoms with van der Waals surface area (Å²) in [6, 6.07) is 39.4. The molecule has 0 N–H and O–H groups in total. The van der Waals surface area contributed by atoms with Crippen LogP contribution in [0.5, 0.6) is 0 Å². The first kappa shape index (κ1) is 25.2. The van der Waals surface area contributed by atoms with Gasteiger partial charge in [-0.05, 0) is 50.4 Å². The molecule has 1 saturated heterocycles. The first-order chi connectivity index (χ1) is 18.8. The highest BCUT2D eigenvalue weighted by atomic mass is 16.7. The molecule has 5 aromatic rings. The van der Waals surface area contributed by atoms with Crippen molar-refractivity contribution >= 4 is 12.6 Å². The molecule has 0 radical (unpaired) electrons. The van der Waals surface area contributed by atoms with E-state index >= 15 is 0 Å². The van der Waals surface area contributed by atoms with Gasteiger partial charge in [0.2, 0.25) is 0 Å². The topological polar surface area (TPSA) is 44.2 Å². The Bertz CT molecular complexity index is 1570. The lowest BCUT2D eigenvalue weighted by Crippen LogP contribution is -2.41. The van der Waals surface area contributed by atoms with E-state index in [1.165, 1.54) is 11.1 Å². The molecule has 6 rings (SSSR count). The molecule has 0 atom stereocenters. The molecule has 2 heterocycles. The molecule has 0 saturated carbocycles. The van der Waals surface area contributed by atoms with Gasteiger partial charge in [0.25, 0.3) is 0 Å². The van der Waals surface area contributed by atoms with Gasteiger partial charge in [-0.1, -0.05) is 109 Å². The van der Waals surface area contributed by atoms with Gasteiger partial charge >= 0.3 is 7.12 Å². The van der Waals surface area contributed by atoms with Crippen molar-refractivity contribution in [3.05, 3.63) is 115 Å². The Morgan fingerprint density at radius 1 is 0.487 bits per heavy atom. The third-order valence-corrected chi connectivity index (χ3v) is 7.78. The van der Waals surface area contributed by atoms with Gasteiger partial charge in [0.15, 0.2) is 5.82 Å². The first-order valence-corrected chi connectivity index (χ1v) is 13.4. The Kier molecular flexibility index (Phi) is 6.42. The quantitative estimate of drug-likeness (QED) is 0.231. The summed E-state index contributed by atoms with van der Waals surface area (Å²) >= 11 is 0. The van der Waals surface area contributed by atoms with Crippen LogP contribution >= 0.6 is 0 Å². The fourth-order valence-corrected chi connectivity index (χ4v) is 4.71. The summed E-state index contributed by atoms with van der Waals surface area (Å²) in [5, 5.41) is 0. The summed E-state index contributed by atoms with van der Waals surface area (Å²) < 4.78 is 12.5. The molecular weight excluding hydrogens is 479 g/mol. The molecule has 0 bridgehead atoms. The van der Waals surface area contributed by atoms with Gasteiger partial charge in [0, 0.05) is 16.7 Å². The van der Waals surface area contributed by atoms with E-state index in [2.05, 4.69) is 107 Å². The van der Waals surface area contributed by atoms with Crippen LogP contribution in [0.3, 0.4) is 0 Å². The van der Waals surface area contributed by atoms with Crippen molar-refractivity contribution in [2.75, 3.05) is 0 Å². The van der Waals surface area contributed by atoms with Crippen LogP contribution in [0.4, 0.5) is 0 Å². The monoisotopic (exact) mass is 510 g/mol. The number of hydrogen-bond donors (Lipinski definition) is 0. The third kappa shape index (κ3) is 5.03. The van der Waals surface area contributed by atoms with Crippen LogP contribution in [0.15, 0.2) is 115 Å². The minimum absolute atomic E-state index is 0.376. The maximum atomic E-state index is 6.24. The van der Waals surface area contributed by atoms with Gasteiger partial charge in [-0.3, -0.25) is 0 Å². The van der Waals surface area contributed by atoms with Crippen LogP contribution in [-0.2, 0) is 9.31 Å². The number of nitrogens with zero attached hydrogens (tertiary/aromatic N) is 2. The lowest BCUT2D eigenvalue weighted by molar-refractivity contribution is 0.00578. The van der Waals surface area contributed by atoms with Crippen molar-refractivity contribution in [1.29, 1.82) is 0 Å². The van der Waals surface area contributed by atoms with E-state index in [1.807, 2.05) is 36.4 Å². The lowest BCUT2D eigenvalue weighted by Gasteiger charge is -2.32. The van der Waals surface area contributed by atoms with Gasteiger partial charge in [-0.2, -0.15) is 0 Å². The minimum atomic E-state index is -0.395. The first-order valence-electron chi connectivity index (χ1n) is 13.4. The molecule has 1 aromatic heterocycles. The van der Waals surface area contributed by atoms with E-state index in [9.17, 15) is 0 Å². The van der Waals surface area contributed by atoms with Crippen LogP contribution in [-0.4, -0.2) is 28.3 Å². The highest BCUT2D eigenvalue weighted by molar-refractivity contribution is 6.62. The number of rotatable bonds is 5. The summed E-state index contributed by atoms with van der Waals surface area (Å²) in [6.45, 7) is 8.28. The van der Waals surface area contributed by atoms with Gasteiger partial charge < -0.3 is 9.31 Å². The second-order valence-corrected chi connectivity index (χ2v) is 11.0. The molecule has 0 unspecified atom stereocenters. The van der Waals surface area contributed by atoms with Crippen molar-refractivity contribution < 1.29 is 9.31 Å². The highest BCUT2D eigenvalue weighted by Crippen LogP contribution is 2.36. The molecule has 0 spiro atoms. The molecule has 39 heavy (non-hydrogen) atoms. The van der Waals surface area contributed by atoms with Gasteiger partial charge in [-0.25, -0.2) is 9.97 Å². The molecule has 0 aliphatic carbocycles. The molecule has 0 amide bonds. The summed E-state index contributed by atoms with van der Waals surface area (Å²) in [7, 11) is -0.395. The summed E-state index contributed by atoms with van der Waals surface area (Å²) in [4.78, 5) is 9.93. The zero-order chi connectivity index (χ0) is 27.0. The standard InChI is InChI=1S/C34H31BN2O2/c1-33(2)34(3,4)39-35(38-33)29-21-19-27(20-22-29)31-23-30(36-32(37-31)28-13-9-6-10-14-28)26-17-15-25(16-18-26)24-11-7-5-8-12-24/h5-23H,1-4H3. The Hall–Kier alpha value is -4.06. The normalized spacial score (nSPS) is 15.8. The molecular formula is C34H31BN2O2. The fraction of sp³-hybridized carbons (Fsp3) is 0.176. The second-order valence-electron chi connectivity index (χ2n) is 11.0. The van der Waals surface area contributed by atoms with E-state index < -0.39 is 7.12 Å². The van der Waals surface area contributed by atoms with Gasteiger partial charge in [0.1, 0.15) is 0 Å². The summed E-state index contributed by atoms with van der Waals surface area (Å²) in [5.41, 5.74) is 7.40. The van der Waals surface area contributed by atoms with Gasteiger partial charge in [-0.15, -0.1) is 0 Å². The van der Waals surface area contributed by atoms with Crippen LogP contribution in [0.2, 0.25) is 0 Å². The van der Waals surface area contributed by atoms with Crippen LogP contribution in [0, 0.1) is 0 Å². The van der Waals surface area contributed by atoms with E-state index in [1.54, 1.807) is 0 Å². The van der Waals surface area contributed by atoms with Crippen molar-refractivity contribution in [3.8, 4) is 45.0 Å². The van der Waals surface area contributed by atoms with Crippen LogP contribution < -0.4 is 5.46 Å². The lowest BCUT2D eigenvalue weighted by atomic mass is 9.79. The zero-order valence-corrected chi connectivity index (χ0v) is 22.8. The molecule has 1 aliphatic rings. The number of aromatic nitrogens is 2. The number of benzene rings is 4. The van der Waals surface area contributed by atoms with E-state index in [-0.39, 0.29) is 11.2 Å². The SMILES string of the molecule is CC1(C)OB(c2ccc(-c3cc(-c4ccc(-c5ccccc5)cc4)nc(-c4ccccc4)n3)cc2)OC1(C)C. The molecule has 192 valence electrons. The van der Waals surface area contributed by atoms with E-state index in [4.69, 9.17) is 19.3 Å². The van der Waals surface area contributed by atoms with E-state index in [0.717, 1.165) is 33.5 Å². The van der Waals surface area contributed by atoms with Crippen LogP contribution in [0.1, 0.15) is 27.7 Å². The minimum Gasteiger partial charge on any atom is -0.399 e. The Balaban J connectivity index is 1.36. The predicted molar refractivity (Wildman–Crippen MR) is 159 cm³/mol. The van der Waals surface area contributed by atoms with Crippen molar-refractivity contribution in [2.24, 2.45) is 0 Å². The maximum absolute atomic E-state index is 6.24. The highest BCUT2D eigenvalue weighted by Gasteiger charge is 2.51. The average Bonchev–Trinajstić information content (AvgIpc) is 3.20. The van der Waals surface area contributed by atoms with Crippen LogP contribution in [0.25, 0.3) is 45.0 Å².